The van der Waals surface area contributed by atoms with Crippen LogP contribution in [0.4, 0.5) is 10.1 Å². The van der Waals surface area contributed by atoms with Gasteiger partial charge in [-0.1, -0.05) is 6.08 Å². The second kappa shape index (κ2) is 6.27. The Balaban J connectivity index is 2.13. The Morgan fingerprint density at radius 1 is 1.07 bits per heavy atom. The monoisotopic (exact) mass is 387 g/mol. The summed E-state index contributed by atoms with van der Waals surface area (Å²) in [5.74, 6) is -1.56. The number of allylic oxidation sites excluding steroid dienone is 1. The van der Waals surface area contributed by atoms with Crippen LogP contribution in [-0.2, 0) is 9.59 Å². The Kier molecular flexibility index (Phi) is 4.46. The fourth-order valence-electron chi connectivity index (χ4n) is 3.43. The molecule has 0 bridgehead atoms. The highest BCUT2D eigenvalue weighted by Gasteiger charge is 2.36. The Labute approximate surface area is 163 Å². The van der Waals surface area contributed by atoms with Crippen molar-refractivity contribution in [2.75, 3.05) is 26.0 Å². The van der Waals surface area contributed by atoms with Gasteiger partial charge >= 0.3 is 0 Å². The Bertz CT molecular complexity index is 923. The van der Waals surface area contributed by atoms with Crippen molar-refractivity contribution in [2.24, 2.45) is 0 Å². The summed E-state index contributed by atoms with van der Waals surface area (Å²) in [6, 6.07) is 3.14. The van der Waals surface area contributed by atoms with Gasteiger partial charge in [-0.3, -0.25) is 19.4 Å². The number of rotatable bonds is 1. The number of amides is 2. The van der Waals surface area contributed by atoms with Crippen LogP contribution < -0.4 is 4.90 Å². The summed E-state index contributed by atoms with van der Waals surface area (Å²) in [6.45, 7) is 6.08. The number of thiocarbonyl (C=S) groups is 1. The van der Waals surface area contributed by atoms with Gasteiger partial charge in [0.25, 0.3) is 11.8 Å². The van der Waals surface area contributed by atoms with E-state index < -0.39 is 17.6 Å². The summed E-state index contributed by atoms with van der Waals surface area (Å²) >= 11 is 5.07. The van der Waals surface area contributed by atoms with Gasteiger partial charge in [0, 0.05) is 38.0 Å². The predicted molar refractivity (Wildman–Crippen MR) is 109 cm³/mol. The molecular weight excluding hydrogens is 365 g/mol. The van der Waals surface area contributed by atoms with E-state index in [0.717, 1.165) is 16.8 Å². The molecule has 2 amide bonds. The molecule has 0 aliphatic carbocycles. The second-order valence-corrected chi connectivity index (χ2v) is 7.86. The Morgan fingerprint density at radius 2 is 1.63 bits per heavy atom. The topological polar surface area (TPSA) is 43.9 Å². The fraction of sp³-hybridized carbons (Fsp3) is 0.350. The van der Waals surface area contributed by atoms with E-state index in [2.05, 4.69) is 19.9 Å². The molecule has 1 aromatic rings. The first kappa shape index (κ1) is 19.2. The SMILES string of the molecule is CC1=CC(C)(C)N(C)c2cc(F)c(C=C3C(=O)N(C)C(=S)N(C)C3=O)cc21. The molecule has 142 valence electrons. The average Bonchev–Trinajstić information content (AvgIpc) is 2.60. The van der Waals surface area contributed by atoms with Crippen LogP contribution in [0.1, 0.15) is 31.9 Å². The van der Waals surface area contributed by atoms with Crippen molar-refractivity contribution in [1.29, 1.82) is 0 Å². The molecule has 3 rings (SSSR count). The lowest BCUT2D eigenvalue weighted by Crippen LogP contribution is -2.52. The van der Waals surface area contributed by atoms with E-state index in [9.17, 15) is 14.0 Å². The molecule has 1 aromatic carbocycles. The first-order valence-electron chi connectivity index (χ1n) is 8.54. The van der Waals surface area contributed by atoms with E-state index in [4.69, 9.17) is 12.2 Å². The lowest BCUT2D eigenvalue weighted by molar-refractivity contribution is -0.132. The zero-order valence-electron chi connectivity index (χ0n) is 16.3. The summed E-state index contributed by atoms with van der Waals surface area (Å²) in [7, 11) is 4.90. The van der Waals surface area contributed by atoms with E-state index >= 15 is 0 Å². The molecular formula is C20H22FN3O2S. The fourth-order valence-corrected chi connectivity index (χ4v) is 3.59. The van der Waals surface area contributed by atoms with Crippen molar-refractivity contribution in [3.05, 3.63) is 40.7 Å². The van der Waals surface area contributed by atoms with Gasteiger partial charge in [0.2, 0.25) is 0 Å². The molecule has 0 atom stereocenters. The normalized spacial score (nSPS) is 19.4. The first-order chi connectivity index (χ1) is 12.5. The first-order valence-corrected chi connectivity index (χ1v) is 8.95. The van der Waals surface area contributed by atoms with Crippen LogP contribution in [0, 0.1) is 5.82 Å². The highest BCUT2D eigenvalue weighted by atomic mass is 32.1. The zero-order valence-corrected chi connectivity index (χ0v) is 17.1. The van der Waals surface area contributed by atoms with Crippen molar-refractivity contribution in [2.45, 2.75) is 26.3 Å². The van der Waals surface area contributed by atoms with Gasteiger partial charge in [0.15, 0.2) is 5.11 Å². The van der Waals surface area contributed by atoms with Crippen molar-refractivity contribution >= 4 is 46.5 Å². The second-order valence-electron chi connectivity index (χ2n) is 7.50. The summed E-state index contributed by atoms with van der Waals surface area (Å²) in [4.78, 5) is 29.4. The third-order valence-electron chi connectivity index (χ3n) is 5.28. The van der Waals surface area contributed by atoms with E-state index in [0.29, 0.717) is 0 Å². The molecule has 7 heteroatoms. The standard InChI is InChI=1S/C20H22FN3O2S/c1-11-10-20(2,3)24(6)16-9-15(21)12(7-13(11)16)8-14-17(25)22(4)19(27)23(5)18(14)26/h7-10H,1-6H3. The minimum absolute atomic E-state index is 0.112. The molecule has 0 spiro atoms. The van der Waals surface area contributed by atoms with Crippen molar-refractivity contribution in [1.82, 2.24) is 9.80 Å². The number of hydrogen-bond donors (Lipinski definition) is 0. The average molecular weight is 387 g/mol. The van der Waals surface area contributed by atoms with Gasteiger partial charge in [-0.25, -0.2) is 4.39 Å². The van der Waals surface area contributed by atoms with E-state index in [-0.39, 0.29) is 21.8 Å². The molecule has 2 aliphatic heterocycles. The summed E-state index contributed by atoms with van der Waals surface area (Å²) in [5, 5.41) is 0.121. The number of fused-ring (bicyclic) bond motifs is 1. The van der Waals surface area contributed by atoms with E-state index in [1.54, 1.807) is 6.07 Å². The third kappa shape index (κ3) is 2.96. The van der Waals surface area contributed by atoms with Crippen LogP contribution >= 0.6 is 12.2 Å². The number of anilines is 1. The molecule has 0 unspecified atom stereocenters. The van der Waals surface area contributed by atoms with Crippen molar-refractivity contribution in [3.63, 3.8) is 0 Å². The molecule has 27 heavy (non-hydrogen) atoms. The van der Waals surface area contributed by atoms with Crippen LogP contribution in [0.5, 0.6) is 0 Å². The molecule has 0 saturated carbocycles. The lowest BCUT2D eigenvalue weighted by atomic mass is 9.88. The minimum Gasteiger partial charge on any atom is -0.365 e. The zero-order chi connectivity index (χ0) is 20.3. The summed E-state index contributed by atoms with van der Waals surface area (Å²) < 4.78 is 14.8. The quantitative estimate of drug-likeness (QED) is 0.422. The van der Waals surface area contributed by atoms with Crippen LogP contribution in [-0.4, -0.2) is 53.4 Å². The van der Waals surface area contributed by atoms with Crippen LogP contribution in [0.15, 0.2) is 23.8 Å². The highest BCUT2D eigenvalue weighted by Crippen LogP contribution is 2.39. The maximum atomic E-state index is 14.8. The molecule has 2 aliphatic rings. The van der Waals surface area contributed by atoms with Gasteiger partial charge in [-0.05, 0) is 56.8 Å². The molecule has 0 N–H and O–H groups in total. The molecule has 1 fully saturated rings. The molecule has 2 heterocycles. The van der Waals surface area contributed by atoms with Crippen LogP contribution in [0.3, 0.4) is 0 Å². The van der Waals surface area contributed by atoms with Gasteiger partial charge in [-0.15, -0.1) is 0 Å². The highest BCUT2D eigenvalue weighted by molar-refractivity contribution is 7.80. The molecule has 5 nitrogen and oxygen atoms in total. The number of likely N-dealkylation sites (N-methyl/N-ethyl adjacent to an activating group) is 3. The Morgan fingerprint density at radius 3 is 2.19 bits per heavy atom. The summed E-state index contributed by atoms with van der Waals surface area (Å²) in [5.41, 5.74) is 2.51. The molecule has 0 radical (unpaired) electrons. The number of benzene rings is 1. The lowest BCUT2D eigenvalue weighted by Gasteiger charge is -2.40. The van der Waals surface area contributed by atoms with Crippen molar-refractivity contribution < 1.29 is 14.0 Å². The van der Waals surface area contributed by atoms with Gasteiger partial charge in [-0.2, -0.15) is 0 Å². The number of nitrogens with zero attached hydrogens (tertiary/aromatic N) is 3. The van der Waals surface area contributed by atoms with Crippen molar-refractivity contribution in [3.8, 4) is 0 Å². The van der Waals surface area contributed by atoms with E-state index in [1.807, 2.05) is 18.9 Å². The molecule has 0 aromatic heterocycles. The molecule has 1 saturated heterocycles. The maximum Gasteiger partial charge on any atom is 0.265 e. The van der Waals surface area contributed by atoms with Crippen LogP contribution in [0.25, 0.3) is 11.6 Å². The number of hydrogen-bond acceptors (Lipinski definition) is 4. The largest absolute Gasteiger partial charge is 0.365 e. The van der Waals surface area contributed by atoms with Gasteiger partial charge in [0.1, 0.15) is 11.4 Å². The predicted octanol–water partition coefficient (Wildman–Crippen LogP) is 3.06. The number of carbonyl (C=O) groups excluding carboxylic acids is 2. The smallest absolute Gasteiger partial charge is 0.265 e. The number of halogens is 1. The van der Waals surface area contributed by atoms with Gasteiger partial charge < -0.3 is 4.90 Å². The third-order valence-corrected chi connectivity index (χ3v) is 5.83. The summed E-state index contributed by atoms with van der Waals surface area (Å²) in [6.07, 6.45) is 3.42. The number of carbonyl (C=O) groups is 2. The Hall–Kier alpha value is -2.54. The maximum absolute atomic E-state index is 14.8. The van der Waals surface area contributed by atoms with Gasteiger partial charge in [0.05, 0.1) is 5.54 Å². The van der Waals surface area contributed by atoms with Crippen LogP contribution in [0.2, 0.25) is 0 Å². The van der Waals surface area contributed by atoms with E-state index in [1.165, 1.54) is 36.0 Å². The minimum atomic E-state index is -0.536.